The minimum atomic E-state index is -3.19. The Kier molecular flexibility index (Phi) is 6.24. The number of nitrogens with one attached hydrogen (secondary N) is 2. The molecule has 2 aromatic heterocycles. The van der Waals surface area contributed by atoms with E-state index in [0.29, 0.717) is 13.0 Å². The molecular formula is C22H27ClF2N6O2S. The molecule has 1 saturated heterocycles. The van der Waals surface area contributed by atoms with E-state index in [0.717, 1.165) is 31.2 Å². The summed E-state index contributed by atoms with van der Waals surface area (Å²) in [5.74, 6) is -1.92. The van der Waals surface area contributed by atoms with Crippen molar-refractivity contribution in [2.75, 3.05) is 11.9 Å². The summed E-state index contributed by atoms with van der Waals surface area (Å²) in [6.07, 6.45) is 3.02. The monoisotopic (exact) mass is 512 g/mol. The molecule has 34 heavy (non-hydrogen) atoms. The molecule has 0 aromatic carbocycles. The number of fused-ring (bicyclic) bond motifs is 1. The first-order valence-corrected chi connectivity index (χ1v) is 13.1. The highest BCUT2D eigenvalue weighted by Gasteiger charge is 2.57. The third-order valence-electron chi connectivity index (χ3n) is 6.74. The Morgan fingerprint density at radius 3 is 2.74 bits per heavy atom. The Balaban J connectivity index is 1.78. The van der Waals surface area contributed by atoms with Gasteiger partial charge in [-0.3, -0.25) is 18.7 Å². The minimum absolute atomic E-state index is 0.0137. The molecule has 0 aliphatic carbocycles. The zero-order valence-corrected chi connectivity index (χ0v) is 20.7. The van der Waals surface area contributed by atoms with Crippen molar-refractivity contribution in [1.29, 1.82) is 0 Å². The molecule has 0 bridgehead atoms. The molecule has 184 valence electrons. The number of aliphatic imine (C=N–C) groups is 1. The van der Waals surface area contributed by atoms with Gasteiger partial charge in [0.05, 0.1) is 21.2 Å². The average molecular weight is 513 g/mol. The number of amides is 1. The van der Waals surface area contributed by atoms with E-state index < -0.39 is 43.2 Å². The number of aromatic nitrogens is 2. The lowest BCUT2D eigenvalue weighted by Crippen LogP contribution is -2.67. The van der Waals surface area contributed by atoms with Crippen LogP contribution in [0.1, 0.15) is 56.2 Å². The lowest BCUT2D eigenvalue weighted by atomic mass is 9.88. The summed E-state index contributed by atoms with van der Waals surface area (Å²) in [6, 6.07) is 3.40. The Bertz CT molecular complexity index is 1240. The summed E-state index contributed by atoms with van der Waals surface area (Å²) >= 11 is 5.93. The standard InChI is InChI=1S/C22H27ClF2N6O2S/c1-21(2)20(26)31-22(3,15-6-4-5-9-28-34(15,21)33)18-14(25)7-8-16(29-18)30-19(32)17-13(23)10-12(24)11-27-17/h7-8,10-11,15,34H,4-6,9H2,1-3H3,(H2,26,31)(H,28,33)(H,29,30,32)/t15-,22-/m0/s1. The lowest BCUT2D eigenvalue weighted by molar-refractivity contribution is 0.102. The quantitative estimate of drug-likeness (QED) is 0.471. The van der Waals surface area contributed by atoms with Crippen molar-refractivity contribution in [3.63, 3.8) is 0 Å². The van der Waals surface area contributed by atoms with Gasteiger partial charge in [-0.1, -0.05) is 18.0 Å². The van der Waals surface area contributed by atoms with Crippen LogP contribution in [0.25, 0.3) is 0 Å². The van der Waals surface area contributed by atoms with Crippen molar-refractivity contribution < 1.29 is 17.8 Å². The fourth-order valence-electron chi connectivity index (χ4n) is 4.69. The Labute approximate surface area is 202 Å². The Hall–Kier alpha value is -2.50. The second-order valence-corrected chi connectivity index (χ2v) is 13.0. The second kappa shape index (κ2) is 8.62. The number of hydrogen-bond donors (Lipinski definition) is 4. The summed E-state index contributed by atoms with van der Waals surface area (Å²) in [7, 11) is -3.19. The van der Waals surface area contributed by atoms with Crippen LogP contribution in [0.5, 0.6) is 0 Å². The number of carbonyl (C=O) groups excluding carboxylic acids is 1. The minimum Gasteiger partial charge on any atom is -0.386 e. The number of nitrogens with two attached hydrogens (primary N) is 1. The van der Waals surface area contributed by atoms with Gasteiger partial charge in [0.15, 0.2) is 0 Å². The smallest absolute Gasteiger partial charge is 0.276 e. The third kappa shape index (κ3) is 3.89. The molecule has 2 aliphatic rings. The van der Waals surface area contributed by atoms with Crippen LogP contribution in [0, 0.1) is 11.6 Å². The van der Waals surface area contributed by atoms with E-state index >= 15 is 4.39 Å². The SMILES string of the molecule is CC1(C)C(N)=N[C@](C)(c2nc(NC(=O)c3ncc(F)cc3Cl)ccc2F)[C@@H]2CCCCN[SH]21=O. The topological polar surface area (TPSA) is 122 Å². The predicted molar refractivity (Wildman–Crippen MR) is 130 cm³/mol. The Morgan fingerprint density at radius 2 is 2.03 bits per heavy atom. The van der Waals surface area contributed by atoms with Gasteiger partial charge >= 0.3 is 0 Å². The zero-order valence-electron chi connectivity index (χ0n) is 19.0. The van der Waals surface area contributed by atoms with Crippen LogP contribution in [0.4, 0.5) is 14.6 Å². The molecular weight excluding hydrogens is 486 g/mol. The van der Waals surface area contributed by atoms with Crippen LogP contribution in [0.2, 0.25) is 5.02 Å². The molecule has 0 spiro atoms. The summed E-state index contributed by atoms with van der Waals surface area (Å²) in [5.41, 5.74) is 4.70. The van der Waals surface area contributed by atoms with Gasteiger partial charge in [0.2, 0.25) is 0 Å². The number of nitrogens with zero attached hydrogens (tertiary/aromatic N) is 3. The molecule has 4 heterocycles. The highest BCUT2D eigenvalue weighted by molar-refractivity contribution is 8.03. The van der Waals surface area contributed by atoms with E-state index in [1.165, 1.54) is 6.07 Å². The van der Waals surface area contributed by atoms with Gasteiger partial charge in [-0.25, -0.2) is 18.7 Å². The predicted octanol–water partition coefficient (Wildman–Crippen LogP) is 3.10. The highest BCUT2D eigenvalue weighted by Crippen LogP contribution is 2.47. The third-order valence-corrected chi connectivity index (χ3v) is 11.2. The van der Waals surface area contributed by atoms with E-state index in [1.54, 1.807) is 20.8 Å². The van der Waals surface area contributed by atoms with Crippen LogP contribution in [0.15, 0.2) is 29.4 Å². The molecule has 1 fully saturated rings. The van der Waals surface area contributed by atoms with Crippen LogP contribution < -0.4 is 15.8 Å². The molecule has 0 radical (unpaired) electrons. The van der Waals surface area contributed by atoms with Crippen LogP contribution in [0.3, 0.4) is 0 Å². The maximum Gasteiger partial charge on any atom is 0.276 e. The molecule has 4 N–H and O–H groups in total. The van der Waals surface area contributed by atoms with Crippen molar-refractivity contribution in [3.8, 4) is 0 Å². The lowest BCUT2D eigenvalue weighted by Gasteiger charge is -2.53. The number of hydrogen-bond acceptors (Lipinski definition) is 6. The molecule has 2 aliphatic heterocycles. The van der Waals surface area contributed by atoms with Gasteiger partial charge in [-0.15, -0.1) is 0 Å². The van der Waals surface area contributed by atoms with Gasteiger partial charge in [0.1, 0.15) is 40.2 Å². The van der Waals surface area contributed by atoms with Crippen molar-refractivity contribution in [2.45, 2.75) is 55.6 Å². The molecule has 0 unspecified atom stereocenters. The first kappa shape index (κ1) is 24.6. The van der Waals surface area contributed by atoms with Crippen molar-refractivity contribution in [3.05, 3.63) is 52.4 Å². The fraction of sp³-hybridized carbons (Fsp3) is 0.455. The number of pyridine rings is 2. The molecule has 2 atom stereocenters. The van der Waals surface area contributed by atoms with Crippen LogP contribution >= 0.6 is 11.6 Å². The van der Waals surface area contributed by atoms with E-state index in [1.807, 2.05) is 0 Å². The normalized spacial score (nSPS) is 26.5. The average Bonchev–Trinajstić information content (AvgIpc) is 2.97. The number of rotatable bonds is 3. The zero-order chi connectivity index (χ0) is 24.9. The summed E-state index contributed by atoms with van der Waals surface area (Å²) in [4.78, 5) is 25.4. The number of anilines is 1. The second-order valence-electron chi connectivity index (χ2n) is 9.25. The van der Waals surface area contributed by atoms with Gasteiger partial charge in [-0.05, 0) is 61.9 Å². The van der Waals surface area contributed by atoms with Gasteiger partial charge in [0, 0.05) is 6.54 Å². The first-order valence-electron chi connectivity index (χ1n) is 10.9. The van der Waals surface area contributed by atoms with Crippen molar-refractivity contribution in [2.24, 2.45) is 10.7 Å². The van der Waals surface area contributed by atoms with E-state index in [2.05, 4.69) is 25.0 Å². The number of thiol groups is 1. The first-order chi connectivity index (χ1) is 15.9. The van der Waals surface area contributed by atoms with E-state index in [4.69, 9.17) is 17.3 Å². The molecule has 8 nitrogen and oxygen atoms in total. The Morgan fingerprint density at radius 1 is 1.29 bits per heavy atom. The molecule has 4 rings (SSSR count). The van der Waals surface area contributed by atoms with Gasteiger partial charge in [-0.2, -0.15) is 0 Å². The maximum atomic E-state index is 15.2. The van der Waals surface area contributed by atoms with Crippen molar-refractivity contribution >= 4 is 39.3 Å². The summed E-state index contributed by atoms with van der Waals surface area (Å²) in [5, 5.41) is 1.79. The maximum absolute atomic E-state index is 15.2. The summed E-state index contributed by atoms with van der Waals surface area (Å²) in [6.45, 7) is 5.82. The molecule has 1 amide bonds. The fourth-order valence-corrected chi connectivity index (χ4v) is 8.64. The number of halogens is 3. The van der Waals surface area contributed by atoms with E-state index in [-0.39, 0.29) is 28.1 Å². The van der Waals surface area contributed by atoms with Crippen molar-refractivity contribution in [1.82, 2.24) is 14.7 Å². The molecule has 0 saturated carbocycles. The van der Waals surface area contributed by atoms with Gasteiger partial charge in [0.25, 0.3) is 5.91 Å². The van der Waals surface area contributed by atoms with Crippen LogP contribution in [-0.4, -0.2) is 42.5 Å². The highest BCUT2D eigenvalue weighted by atomic mass is 35.5. The summed E-state index contributed by atoms with van der Waals surface area (Å²) < 4.78 is 45.2. The van der Waals surface area contributed by atoms with Crippen LogP contribution in [-0.2, 0) is 15.7 Å². The molecule has 2 aromatic rings. The largest absolute Gasteiger partial charge is 0.386 e. The number of carbonyl (C=O) groups is 1. The van der Waals surface area contributed by atoms with Gasteiger partial charge < -0.3 is 11.1 Å². The number of amidine groups is 1. The molecule has 12 heteroatoms. The van der Waals surface area contributed by atoms with E-state index in [9.17, 15) is 13.4 Å².